The Kier molecular flexibility index (Phi) is 5.29. The highest BCUT2D eigenvalue weighted by Crippen LogP contribution is 2.27. The summed E-state index contributed by atoms with van der Waals surface area (Å²) in [6.45, 7) is 2.91. The normalized spacial score (nSPS) is 10.0. The van der Waals surface area contributed by atoms with Crippen molar-refractivity contribution in [3.63, 3.8) is 0 Å². The summed E-state index contributed by atoms with van der Waals surface area (Å²) in [5, 5.41) is -0.0394. The molecule has 0 heterocycles. The fourth-order valence-electron chi connectivity index (χ4n) is 0.308. The van der Waals surface area contributed by atoms with Crippen LogP contribution in [0.5, 0.6) is 0 Å². The maximum atomic E-state index is 10.4. The molecule has 0 fully saturated rings. The zero-order chi connectivity index (χ0) is 8.15. The number of carbonyl (C=O) groups excluding carboxylic acids is 2. The van der Waals surface area contributed by atoms with Crippen molar-refractivity contribution in [1.82, 2.24) is 0 Å². The maximum Gasteiger partial charge on any atom is 0.187 e. The lowest BCUT2D eigenvalue weighted by atomic mass is 10.9. The molecule has 2 nitrogen and oxygen atoms in total. The Labute approximate surface area is 73.9 Å². The molecule has 10 heavy (non-hydrogen) atoms. The van der Waals surface area contributed by atoms with Crippen LogP contribution in [0, 0.1) is 0 Å². The summed E-state index contributed by atoms with van der Waals surface area (Å²) >= 11 is 6.09. The van der Waals surface area contributed by atoms with E-state index in [0.29, 0.717) is 0 Å². The molecule has 0 saturated carbocycles. The van der Waals surface area contributed by atoms with Gasteiger partial charge in [0.25, 0.3) is 0 Å². The van der Waals surface area contributed by atoms with Crippen molar-refractivity contribution in [2.45, 2.75) is 17.8 Å². The third-order valence-electron chi connectivity index (χ3n) is 0.534. The van der Waals surface area contributed by atoms with Crippen LogP contribution in [0.3, 0.4) is 0 Å². The van der Waals surface area contributed by atoms with Crippen molar-refractivity contribution in [1.29, 1.82) is 0 Å². The van der Waals surface area contributed by atoms with Crippen molar-refractivity contribution in [2.24, 2.45) is 0 Å². The van der Waals surface area contributed by atoms with E-state index in [4.69, 9.17) is 0 Å². The SMILES string of the molecule is CC(=O)SC(S)SC(C)=O. The molecule has 0 saturated heterocycles. The smallest absolute Gasteiger partial charge is 0.187 e. The Morgan fingerprint density at radius 3 is 1.70 bits per heavy atom. The van der Waals surface area contributed by atoms with Gasteiger partial charge < -0.3 is 0 Å². The standard InChI is InChI=1S/C5H8O2S3/c1-3(6)9-5(8)10-4(2)7/h5,8H,1-2H3. The Morgan fingerprint density at radius 2 is 1.50 bits per heavy atom. The van der Waals surface area contributed by atoms with E-state index in [0.717, 1.165) is 23.5 Å². The molecule has 0 atom stereocenters. The van der Waals surface area contributed by atoms with Gasteiger partial charge in [-0.2, -0.15) is 12.6 Å². The fraction of sp³-hybridized carbons (Fsp3) is 0.600. The number of carbonyl (C=O) groups is 2. The largest absolute Gasteiger partial charge is 0.287 e. The highest BCUT2D eigenvalue weighted by atomic mass is 32.3. The van der Waals surface area contributed by atoms with Crippen LogP contribution in [0.2, 0.25) is 0 Å². The van der Waals surface area contributed by atoms with Gasteiger partial charge in [-0.1, -0.05) is 23.5 Å². The lowest BCUT2D eigenvalue weighted by Gasteiger charge is -2.02. The third-order valence-corrected chi connectivity index (χ3v) is 2.81. The van der Waals surface area contributed by atoms with Gasteiger partial charge in [-0.05, 0) is 0 Å². The molecule has 58 valence electrons. The molecule has 0 aliphatic carbocycles. The molecule has 0 aromatic carbocycles. The maximum absolute atomic E-state index is 10.4. The minimum absolute atomic E-state index is 0.0197. The monoisotopic (exact) mass is 196 g/mol. The van der Waals surface area contributed by atoms with Gasteiger partial charge in [0, 0.05) is 13.8 Å². The van der Waals surface area contributed by atoms with E-state index in [1.807, 2.05) is 0 Å². The number of hydrogen-bond acceptors (Lipinski definition) is 5. The van der Waals surface area contributed by atoms with Crippen LogP contribution in [0.1, 0.15) is 13.8 Å². The first kappa shape index (κ1) is 10.4. The molecule has 0 aromatic heterocycles. The Bertz CT molecular complexity index is 130. The van der Waals surface area contributed by atoms with Crippen molar-refractivity contribution < 1.29 is 9.59 Å². The van der Waals surface area contributed by atoms with Crippen LogP contribution in [0.4, 0.5) is 0 Å². The van der Waals surface area contributed by atoms with E-state index in [9.17, 15) is 9.59 Å². The van der Waals surface area contributed by atoms with Gasteiger partial charge in [0.1, 0.15) is 3.91 Å². The van der Waals surface area contributed by atoms with Gasteiger partial charge in [0.15, 0.2) is 10.2 Å². The summed E-state index contributed by atoms with van der Waals surface area (Å²) in [7, 11) is 0. The quantitative estimate of drug-likeness (QED) is 0.539. The van der Waals surface area contributed by atoms with E-state index >= 15 is 0 Å². The van der Waals surface area contributed by atoms with Gasteiger partial charge >= 0.3 is 0 Å². The number of thiol groups is 1. The van der Waals surface area contributed by atoms with Crippen molar-refractivity contribution in [3.05, 3.63) is 0 Å². The second kappa shape index (κ2) is 5.09. The van der Waals surface area contributed by atoms with Gasteiger partial charge in [-0.15, -0.1) is 0 Å². The molecule has 5 heteroatoms. The average molecular weight is 196 g/mol. The van der Waals surface area contributed by atoms with Crippen LogP contribution >= 0.6 is 36.2 Å². The van der Waals surface area contributed by atoms with Gasteiger partial charge in [-0.3, -0.25) is 9.59 Å². The first-order chi connectivity index (χ1) is 4.52. The summed E-state index contributed by atoms with van der Waals surface area (Å²) in [5.41, 5.74) is 0. The van der Waals surface area contributed by atoms with Crippen LogP contribution in [0.25, 0.3) is 0 Å². The topological polar surface area (TPSA) is 34.1 Å². The molecular weight excluding hydrogens is 188 g/mol. The highest BCUT2D eigenvalue weighted by Gasteiger charge is 2.09. The fourth-order valence-corrected chi connectivity index (χ4v) is 2.77. The number of thioether (sulfide) groups is 2. The molecule has 0 radical (unpaired) electrons. The van der Waals surface area contributed by atoms with E-state index in [-0.39, 0.29) is 14.1 Å². The first-order valence-electron chi connectivity index (χ1n) is 2.55. The molecule has 0 unspecified atom stereocenters. The van der Waals surface area contributed by atoms with Crippen molar-refractivity contribution in [2.75, 3.05) is 0 Å². The predicted molar refractivity (Wildman–Crippen MR) is 49.3 cm³/mol. The molecule has 0 aromatic rings. The number of rotatable bonds is 2. The molecular formula is C5H8O2S3. The molecule has 0 N–H and O–H groups in total. The summed E-state index contributed by atoms with van der Waals surface area (Å²) in [6.07, 6.45) is 0. The summed E-state index contributed by atoms with van der Waals surface area (Å²) < 4.78 is -0.255. The molecule has 0 spiro atoms. The lowest BCUT2D eigenvalue weighted by Crippen LogP contribution is -1.94. The highest BCUT2D eigenvalue weighted by molar-refractivity contribution is 8.37. The van der Waals surface area contributed by atoms with Crippen molar-refractivity contribution in [3.8, 4) is 0 Å². The summed E-state index contributed by atoms with van der Waals surface area (Å²) in [4.78, 5) is 20.9. The van der Waals surface area contributed by atoms with Gasteiger partial charge in [0.05, 0.1) is 0 Å². The Balaban J connectivity index is 3.53. The lowest BCUT2D eigenvalue weighted by molar-refractivity contribution is -0.109. The molecule has 0 bridgehead atoms. The van der Waals surface area contributed by atoms with E-state index in [2.05, 4.69) is 12.6 Å². The minimum atomic E-state index is -0.255. The summed E-state index contributed by atoms with van der Waals surface area (Å²) in [6, 6.07) is 0. The first-order valence-corrected chi connectivity index (χ1v) is 4.82. The van der Waals surface area contributed by atoms with Gasteiger partial charge in [-0.25, -0.2) is 0 Å². The second-order valence-electron chi connectivity index (χ2n) is 1.53. The van der Waals surface area contributed by atoms with Crippen LogP contribution < -0.4 is 0 Å². The molecule has 0 amide bonds. The zero-order valence-corrected chi connectivity index (χ0v) is 8.18. The Morgan fingerprint density at radius 1 is 1.20 bits per heavy atom. The predicted octanol–water partition coefficient (Wildman–Crippen LogP) is 1.76. The molecule has 0 rings (SSSR count). The second-order valence-corrected chi connectivity index (χ2v) is 5.60. The molecule has 0 aliphatic heterocycles. The van der Waals surface area contributed by atoms with Crippen LogP contribution in [-0.2, 0) is 9.59 Å². The van der Waals surface area contributed by atoms with Gasteiger partial charge in [0.2, 0.25) is 0 Å². The van der Waals surface area contributed by atoms with Crippen molar-refractivity contribution >= 4 is 46.4 Å². The summed E-state index contributed by atoms with van der Waals surface area (Å²) in [5.74, 6) is 0. The van der Waals surface area contributed by atoms with E-state index in [1.54, 1.807) is 0 Å². The van der Waals surface area contributed by atoms with E-state index < -0.39 is 0 Å². The van der Waals surface area contributed by atoms with Crippen LogP contribution in [0.15, 0.2) is 0 Å². The minimum Gasteiger partial charge on any atom is -0.287 e. The van der Waals surface area contributed by atoms with E-state index in [1.165, 1.54) is 13.8 Å². The average Bonchev–Trinajstić information content (AvgIpc) is 1.58. The third kappa shape index (κ3) is 6.51. The number of hydrogen-bond donors (Lipinski definition) is 1. The van der Waals surface area contributed by atoms with Crippen LogP contribution in [-0.4, -0.2) is 14.1 Å². The zero-order valence-electron chi connectivity index (χ0n) is 5.66. The molecule has 0 aliphatic rings. The Hall–Kier alpha value is 0.390.